The maximum atomic E-state index is 12.9. The Balaban J connectivity index is 2.03. The normalized spacial score (nSPS) is 19.4. The van der Waals surface area contributed by atoms with Crippen LogP contribution in [-0.2, 0) is 14.0 Å². The van der Waals surface area contributed by atoms with Crippen molar-refractivity contribution in [3.05, 3.63) is 60.7 Å². The summed E-state index contributed by atoms with van der Waals surface area (Å²) in [6.07, 6.45) is -0.542. The molecule has 1 aliphatic rings. The first kappa shape index (κ1) is 25.0. The summed E-state index contributed by atoms with van der Waals surface area (Å²) in [5.41, 5.74) is 5.02. The van der Waals surface area contributed by atoms with Crippen LogP contribution in [0.5, 0.6) is 0 Å². The van der Waals surface area contributed by atoms with E-state index in [2.05, 4.69) is 45.0 Å². The third-order valence-electron chi connectivity index (χ3n) is 5.98. The lowest BCUT2D eigenvalue weighted by molar-refractivity contribution is -0.122. The molecule has 2 aromatic rings. The predicted molar refractivity (Wildman–Crippen MR) is 133 cm³/mol. The van der Waals surface area contributed by atoms with Gasteiger partial charge in [-0.15, -0.1) is 0 Å². The fourth-order valence-electron chi connectivity index (χ4n) is 4.62. The van der Waals surface area contributed by atoms with Crippen LogP contribution in [-0.4, -0.2) is 49.5 Å². The quantitative estimate of drug-likeness (QED) is 0.682. The highest BCUT2D eigenvalue weighted by Gasteiger charge is 2.53. The largest absolute Gasteiger partial charge is 0.444 e. The predicted octanol–water partition coefficient (Wildman–Crippen LogP) is 3.43. The Morgan fingerprint density at radius 1 is 0.909 bits per heavy atom. The third kappa shape index (κ3) is 5.30. The van der Waals surface area contributed by atoms with Crippen molar-refractivity contribution in [2.24, 2.45) is 5.73 Å². The minimum absolute atomic E-state index is 0.211. The average molecular weight is 469 g/mol. The maximum absolute atomic E-state index is 12.9. The number of rotatable bonds is 5. The first-order chi connectivity index (χ1) is 15.3. The van der Waals surface area contributed by atoms with Gasteiger partial charge in [-0.25, -0.2) is 4.79 Å². The van der Waals surface area contributed by atoms with Gasteiger partial charge in [0.15, 0.2) is 0 Å². The molecule has 0 saturated carbocycles. The number of hydrogen-bond acceptors (Lipinski definition) is 4. The van der Waals surface area contributed by atoms with E-state index in [1.165, 1.54) is 4.90 Å². The zero-order valence-corrected chi connectivity index (χ0v) is 21.5. The van der Waals surface area contributed by atoms with Crippen molar-refractivity contribution in [1.82, 2.24) is 4.90 Å². The fraction of sp³-hybridized carbons (Fsp3) is 0.462. The number of primary amides is 1. The summed E-state index contributed by atoms with van der Waals surface area (Å²) in [4.78, 5) is 26.6. The monoisotopic (exact) mass is 468 g/mol. The van der Waals surface area contributed by atoms with E-state index in [9.17, 15) is 9.59 Å². The second-order valence-corrected chi connectivity index (χ2v) is 14.9. The molecule has 0 radical (unpaired) electrons. The van der Waals surface area contributed by atoms with Crippen molar-refractivity contribution < 1.29 is 18.8 Å². The van der Waals surface area contributed by atoms with Crippen molar-refractivity contribution in [2.75, 3.05) is 6.54 Å². The Labute approximate surface area is 198 Å². The molecule has 1 aliphatic heterocycles. The van der Waals surface area contributed by atoms with Crippen molar-refractivity contribution in [3.63, 3.8) is 0 Å². The van der Waals surface area contributed by atoms with Crippen molar-refractivity contribution in [3.8, 4) is 0 Å². The maximum Gasteiger partial charge on any atom is 0.411 e. The second-order valence-electron chi connectivity index (χ2n) is 10.7. The molecule has 1 saturated heterocycles. The molecule has 178 valence electrons. The van der Waals surface area contributed by atoms with Crippen molar-refractivity contribution in [1.29, 1.82) is 0 Å². The van der Waals surface area contributed by atoms with Gasteiger partial charge in [-0.3, -0.25) is 9.69 Å². The molecule has 0 aliphatic carbocycles. The third-order valence-corrected chi connectivity index (χ3v) is 11.1. The number of hydrogen-bond donors (Lipinski definition) is 1. The molecule has 33 heavy (non-hydrogen) atoms. The Morgan fingerprint density at radius 2 is 1.39 bits per heavy atom. The summed E-state index contributed by atoms with van der Waals surface area (Å²) in [6, 6.07) is 19.8. The highest BCUT2D eigenvalue weighted by Crippen LogP contribution is 2.39. The topological polar surface area (TPSA) is 81.9 Å². The summed E-state index contributed by atoms with van der Waals surface area (Å²) in [7, 11) is -2.82. The lowest BCUT2D eigenvalue weighted by Gasteiger charge is -2.44. The first-order valence-corrected chi connectivity index (χ1v) is 13.3. The molecule has 0 aromatic heterocycles. The summed E-state index contributed by atoms with van der Waals surface area (Å²) >= 11 is 0. The van der Waals surface area contributed by atoms with Crippen LogP contribution in [0.3, 0.4) is 0 Å². The lowest BCUT2D eigenvalue weighted by Crippen LogP contribution is -2.67. The summed E-state index contributed by atoms with van der Waals surface area (Å²) < 4.78 is 12.7. The Kier molecular flexibility index (Phi) is 7.05. The summed E-state index contributed by atoms with van der Waals surface area (Å²) in [6.45, 7) is 12.3. The smallest absolute Gasteiger partial charge is 0.411 e. The minimum Gasteiger partial charge on any atom is -0.444 e. The van der Waals surface area contributed by atoms with Gasteiger partial charge in [-0.2, -0.15) is 0 Å². The molecule has 3 rings (SSSR count). The number of ether oxygens (including phenoxy) is 1. The number of nitrogens with zero attached hydrogens (tertiary/aromatic N) is 1. The van der Waals surface area contributed by atoms with Gasteiger partial charge in [-0.1, -0.05) is 81.4 Å². The molecule has 0 spiro atoms. The molecule has 2 N–H and O–H groups in total. The number of carbonyl (C=O) groups is 2. The van der Waals surface area contributed by atoms with Crippen LogP contribution < -0.4 is 16.1 Å². The SMILES string of the molecule is CC(C)(C)OC(=O)N1C[C@H](O[Si](c2ccccc2)(c2ccccc2)C(C)(C)C)C[C@H]1C(N)=O. The molecule has 1 heterocycles. The molecular weight excluding hydrogens is 432 g/mol. The number of amides is 2. The minimum atomic E-state index is -2.82. The van der Waals surface area contributed by atoms with Gasteiger partial charge in [0.1, 0.15) is 11.6 Å². The van der Waals surface area contributed by atoms with Crippen LogP contribution >= 0.6 is 0 Å². The number of nitrogens with two attached hydrogens (primary N) is 1. The average Bonchev–Trinajstić information content (AvgIpc) is 3.16. The van der Waals surface area contributed by atoms with E-state index in [1.807, 2.05) is 36.4 Å². The van der Waals surface area contributed by atoms with Gasteiger partial charge in [0, 0.05) is 13.0 Å². The fourth-order valence-corrected chi connectivity index (χ4v) is 9.30. The van der Waals surface area contributed by atoms with Crippen LogP contribution in [0.15, 0.2) is 60.7 Å². The zero-order valence-electron chi connectivity index (χ0n) is 20.5. The highest BCUT2D eigenvalue weighted by molar-refractivity contribution is 6.99. The van der Waals surface area contributed by atoms with E-state index in [0.717, 1.165) is 10.4 Å². The van der Waals surface area contributed by atoms with Gasteiger partial charge >= 0.3 is 6.09 Å². The molecular formula is C26H36N2O4Si. The van der Waals surface area contributed by atoms with Crippen molar-refractivity contribution >= 4 is 30.7 Å². The molecule has 6 nitrogen and oxygen atoms in total. The van der Waals surface area contributed by atoms with Crippen molar-refractivity contribution in [2.45, 2.75) is 70.7 Å². The van der Waals surface area contributed by atoms with E-state index < -0.39 is 32.0 Å². The molecule has 2 atom stereocenters. The van der Waals surface area contributed by atoms with Crippen LogP contribution in [0.1, 0.15) is 48.0 Å². The Bertz CT molecular complexity index is 928. The molecule has 2 aromatic carbocycles. The van der Waals surface area contributed by atoms with E-state index >= 15 is 0 Å². The standard InChI is InChI=1S/C26H36N2O4Si/c1-25(2,3)31-24(30)28-18-19(17-22(28)23(27)29)32-33(26(4,5)6,20-13-9-7-10-14-20)21-15-11-8-12-16-21/h7-16,19,22H,17-18H2,1-6H3,(H2,27,29)/t19-,22+/m1/s1. The van der Waals surface area contributed by atoms with Crippen LogP contribution in [0.2, 0.25) is 5.04 Å². The van der Waals surface area contributed by atoms with Gasteiger partial charge in [0.25, 0.3) is 8.32 Å². The summed E-state index contributed by atoms with van der Waals surface area (Å²) in [5.74, 6) is -0.547. The molecule has 0 unspecified atom stereocenters. The van der Waals surface area contributed by atoms with E-state index in [-0.39, 0.29) is 17.7 Å². The molecule has 2 amide bonds. The van der Waals surface area contributed by atoms with Gasteiger partial charge in [0.2, 0.25) is 5.91 Å². The van der Waals surface area contributed by atoms with Crippen LogP contribution in [0, 0.1) is 0 Å². The zero-order chi connectivity index (χ0) is 24.4. The summed E-state index contributed by atoms with van der Waals surface area (Å²) in [5, 5.41) is 2.09. The Hall–Kier alpha value is -2.64. The molecule has 0 bridgehead atoms. The second kappa shape index (κ2) is 9.31. The number of benzene rings is 2. The van der Waals surface area contributed by atoms with Crippen LogP contribution in [0.4, 0.5) is 4.79 Å². The van der Waals surface area contributed by atoms with E-state index in [4.69, 9.17) is 14.9 Å². The molecule has 1 fully saturated rings. The lowest BCUT2D eigenvalue weighted by atomic mass is 10.2. The van der Waals surface area contributed by atoms with Crippen LogP contribution in [0.25, 0.3) is 0 Å². The van der Waals surface area contributed by atoms with Gasteiger partial charge in [-0.05, 0) is 36.2 Å². The number of carbonyl (C=O) groups excluding carboxylic acids is 2. The van der Waals surface area contributed by atoms with E-state index in [1.54, 1.807) is 20.8 Å². The van der Waals surface area contributed by atoms with Gasteiger partial charge in [0.05, 0.1) is 6.10 Å². The highest BCUT2D eigenvalue weighted by atomic mass is 28.4. The van der Waals surface area contributed by atoms with E-state index in [0.29, 0.717) is 6.42 Å². The first-order valence-electron chi connectivity index (χ1n) is 11.4. The molecule has 7 heteroatoms. The van der Waals surface area contributed by atoms with Gasteiger partial charge < -0.3 is 14.9 Å². The number of likely N-dealkylation sites (tertiary alicyclic amines) is 1. The Morgan fingerprint density at radius 3 is 1.79 bits per heavy atom.